The Labute approximate surface area is 167 Å². The number of amides is 1. The molecule has 5 nitrogen and oxygen atoms in total. The van der Waals surface area contributed by atoms with Gasteiger partial charge < -0.3 is 4.90 Å². The van der Waals surface area contributed by atoms with Crippen LogP contribution in [0.25, 0.3) is 0 Å². The summed E-state index contributed by atoms with van der Waals surface area (Å²) in [5.74, 6) is 0.515. The van der Waals surface area contributed by atoms with E-state index in [2.05, 4.69) is 4.72 Å². The van der Waals surface area contributed by atoms with Crippen molar-refractivity contribution in [2.75, 3.05) is 19.6 Å². The maximum absolute atomic E-state index is 12.6. The van der Waals surface area contributed by atoms with E-state index in [9.17, 15) is 13.2 Å². The second-order valence-electron chi connectivity index (χ2n) is 7.60. The number of carbonyl (C=O) groups is 1. The fourth-order valence-corrected chi connectivity index (χ4v) is 4.72. The molecule has 28 heavy (non-hydrogen) atoms. The molecule has 1 saturated heterocycles. The van der Waals surface area contributed by atoms with E-state index in [4.69, 9.17) is 0 Å². The second kappa shape index (κ2) is 8.88. The topological polar surface area (TPSA) is 66.5 Å². The third-order valence-electron chi connectivity index (χ3n) is 5.34. The van der Waals surface area contributed by atoms with Crippen molar-refractivity contribution in [3.63, 3.8) is 0 Å². The number of nitrogens with one attached hydrogen (secondary N) is 1. The van der Waals surface area contributed by atoms with Gasteiger partial charge in [-0.2, -0.15) is 0 Å². The van der Waals surface area contributed by atoms with Gasteiger partial charge in [0.25, 0.3) is 5.91 Å². The summed E-state index contributed by atoms with van der Waals surface area (Å²) in [6, 6.07) is 14.6. The largest absolute Gasteiger partial charge is 0.339 e. The number of nitrogens with zero attached hydrogens (tertiary/aromatic N) is 1. The molecular weight excluding hydrogens is 372 g/mol. The van der Waals surface area contributed by atoms with Gasteiger partial charge >= 0.3 is 0 Å². The van der Waals surface area contributed by atoms with Crippen molar-refractivity contribution in [2.24, 2.45) is 5.92 Å². The SMILES string of the molecule is Cc1ccc(C(=O)N2CCC(CCNS(=O)(=O)c3cccc(C)c3)CC2)cc1. The molecule has 3 rings (SSSR count). The number of hydrogen-bond acceptors (Lipinski definition) is 3. The van der Waals surface area contributed by atoms with Crippen molar-refractivity contribution in [1.82, 2.24) is 9.62 Å². The zero-order chi connectivity index (χ0) is 20.1. The van der Waals surface area contributed by atoms with Gasteiger partial charge in [0.05, 0.1) is 4.90 Å². The Morgan fingerprint density at radius 1 is 1.04 bits per heavy atom. The van der Waals surface area contributed by atoms with Crippen LogP contribution in [0.15, 0.2) is 53.4 Å². The maximum Gasteiger partial charge on any atom is 0.253 e. The van der Waals surface area contributed by atoms with Gasteiger partial charge in [0.15, 0.2) is 0 Å². The van der Waals surface area contributed by atoms with Crippen molar-refractivity contribution in [3.8, 4) is 0 Å². The van der Waals surface area contributed by atoms with E-state index in [1.165, 1.54) is 0 Å². The number of hydrogen-bond donors (Lipinski definition) is 1. The lowest BCUT2D eigenvalue weighted by molar-refractivity contribution is 0.0687. The predicted molar refractivity (Wildman–Crippen MR) is 111 cm³/mol. The van der Waals surface area contributed by atoms with E-state index in [0.717, 1.165) is 49.0 Å². The number of sulfonamides is 1. The summed E-state index contributed by atoms with van der Waals surface area (Å²) in [7, 11) is -3.46. The number of aryl methyl sites for hydroxylation is 2. The number of rotatable bonds is 6. The second-order valence-corrected chi connectivity index (χ2v) is 9.37. The van der Waals surface area contributed by atoms with Crippen LogP contribution in [0.5, 0.6) is 0 Å². The fraction of sp³-hybridized carbons (Fsp3) is 0.409. The van der Waals surface area contributed by atoms with Gasteiger partial charge in [0.1, 0.15) is 0 Å². The minimum Gasteiger partial charge on any atom is -0.339 e. The van der Waals surface area contributed by atoms with Gasteiger partial charge in [-0.1, -0.05) is 29.8 Å². The molecule has 150 valence electrons. The van der Waals surface area contributed by atoms with Crippen LogP contribution in [0.3, 0.4) is 0 Å². The lowest BCUT2D eigenvalue weighted by Crippen LogP contribution is -2.39. The molecule has 0 atom stereocenters. The molecule has 1 aliphatic heterocycles. The van der Waals surface area contributed by atoms with E-state index >= 15 is 0 Å². The van der Waals surface area contributed by atoms with Gasteiger partial charge in [-0.3, -0.25) is 4.79 Å². The van der Waals surface area contributed by atoms with E-state index in [1.54, 1.807) is 18.2 Å². The summed E-state index contributed by atoms with van der Waals surface area (Å²) in [6.45, 7) is 5.76. The summed E-state index contributed by atoms with van der Waals surface area (Å²) in [5.41, 5.74) is 2.80. The van der Waals surface area contributed by atoms with E-state index in [1.807, 2.05) is 49.1 Å². The molecule has 1 N–H and O–H groups in total. The average Bonchev–Trinajstić information content (AvgIpc) is 2.68. The molecule has 6 heteroatoms. The van der Waals surface area contributed by atoms with E-state index in [-0.39, 0.29) is 5.91 Å². The van der Waals surface area contributed by atoms with Crippen LogP contribution in [0, 0.1) is 19.8 Å². The highest BCUT2D eigenvalue weighted by Gasteiger charge is 2.24. The summed E-state index contributed by atoms with van der Waals surface area (Å²) >= 11 is 0. The third kappa shape index (κ3) is 5.20. The smallest absolute Gasteiger partial charge is 0.253 e. The van der Waals surface area contributed by atoms with Crippen LogP contribution >= 0.6 is 0 Å². The summed E-state index contributed by atoms with van der Waals surface area (Å²) in [5, 5.41) is 0. The molecule has 1 amide bonds. The Balaban J connectivity index is 1.46. The van der Waals surface area contributed by atoms with Crippen LogP contribution in [-0.2, 0) is 10.0 Å². The lowest BCUT2D eigenvalue weighted by Gasteiger charge is -2.32. The predicted octanol–water partition coefficient (Wildman–Crippen LogP) is 3.52. The minimum absolute atomic E-state index is 0.0820. The number of carbonyl (C=O) groups excluding carboxylic acids is 1. The third-order valence-corrected chi connectivity index (χ3v) is 6.80. The molecule has 0 bridgehead atoms. The molecule has 0 unspecified atom stereocenters. The van der Waals surface area contributed by atoms with Crippen molar-refractivity contribution in [2.45, 2.75) is 38.0 Å². The first-order chi connectivity index (χ1) is 13.3. The first-order valence-electron chi connectivity index (χ1n) is 9.77. The number of likely N-dealkylation sites (tertiary alicyclic amines) is 1. The van der Waals surface area contributed by atoms with Crippen molar-refractivity contribution in [3.05, 3.63) is 65.2 Å². The number of piperidine rings is 1. The van der Waals surface area contributed by atoms with Crippen LogP contribution in [0.1, 0.15) is 40.7 Å². The van der Waals surface area contributed by atoms with E-state index in [0.29, 0.717) is 17.4 Å². The zero-order valence-corrected chi connectivity index (χ0v) is 17.3. The van der Waals surface area contributed by atoms with E-state index < -0.39 is 10.0 Å². The molecule has 0 aromatic heterocycles. The maximum atomic E-state index is 12.6. The average molecular weight is 401 g/mol. The normalized spacial score (nSPS) is 15.6. The summed E-state index contributed by atoms with van der Waals surface area (Å²) in [6.07, 6.45) is 2.60. The zero-order valence-electron chi connectivity index (χ0n) is 16.5. The monoisotopic (exact) mass is 400 g/mol. The van der Waals surface area contributed by atoms with Gasteiger partial charge in [-0.15, -0.1) is 0 Å². The Kier molecular flexibility index (Phi) is 6.52. The molecule has 0 radical (unpaired) electrons. The summed E-state index contributed by atoms with van der Waals surface area (Å²) < 4.78 is 27.5. The number of benzene rings is 2. The molecule has 1 fully saturated rings. The molecule has 2 aromatic rings. The quantitative estimate of drug-likeness (QED) is 0.807. The van der Waals surface area contributed by atoms with Gasteiger partial charge in [0, 0.05) is 25.2 Å². The highest BCUT2D eigenvalue weighted by atomic mass is 32.2. The van der Waals surface area contributed by atoms with Crippen molar-refractivity contribution < 1.29 is 13.2 Å². The fourth-order valence-electron chi connectivity index (χ4n) is 3.57. The Hall–Kier alpha value is -2.18. The molecule has 2 aromatic carbocycles. The van der Waals surface area contributed by atoms with Crippen LogP contribution in [0.2, 0.25) is 0 Å². The summed E-state index contributed by atoms with van der Waals surface area (Å²) in [4.78, 5) is 14.8. The minimum atomic E-state index is -3.46. The Morgan fingerprint density at radius 3 is 2.36 bits per heavy atom. The Bertz CT molecular complexity index is 915. The molecular formula is C22H28N2O3S. The Morgan fingerprint density at radius 2 is 1.71 bits per heavy atom. The highest BCUT2D eigenvalue weighted by molar-refractivity contribution is 7.89. The molecule has 0 spiro atoms. The molecule has 1 heterocycles. The first kappa shape index (κ1) is 20.6. The highest BCUT2D eigenvalue weighted by Crippen LogP contribution is 2.22. The van der Waals surface area contributed by atoms with Crippen molar-refractivity contribution >= 4 is 15.9 Å². The van der Waals surface area contributed by atoms with Crippen LogP contribution in [-0.4, -0.2) is 38.9 Å². The standard InChI is InChI=1S/C22H28N2O3S/c1-17-6-8-20(9-7-17)22(25)24-14-11-19(12-15-24)10-13-23-28(26,27)21-5-3-4-18(2)16-21/h3-9,16,19,23H,10-15H2,1-2H3. The van der Waals surface area contributed by atoms with Crippen LogP contribution in [0.4, 0.5) is 0 Å². The first-order valence-corrected chi connectivity index (χ1v) is 11.3. The molecule has 0 aliphatic carbocycles. The van der Waals surface area contributed by atoms with Gasteiger partial charge in [0.2, 0.25) is 10.0 Å². The van der Waals surface area contributed by atoms with Gasteiger partial charge in [-0.25, -0.2) is 13.1 Å². The van der Waals surface area contributed by atoms with Gasteiger partial charge in [-0.05, 0) is 68.9 Å². The van der Waals surface area contributed by atoms with Crippen LogP contribution < -0.4 is 4.72 Å². The lowest BCUT2D eigenvalue weighted by atomic mass is 9.93. The molecule has 0 saturated carbocycles. The molecule has 1 aliphatic rings. The van der Waals surface area contributed by atoms with Crippen molar-refractivity contribution in [1.29, 1.82) is 0 Å².